The number of carbonyl (C=O) groups is 4. The van der Waals surface area contributed by atoms with E-state index in [9.17, 15) is 19.2 Å². The van der Waals surface area contributed by atoms with Gasteiger partial charge in [0.1, 0.15) is 17.9 Å². The number of likely N-dealkylation sites (tertiary alicyclic amines) is 2. The highest BCUT2D eigenvalue weighted by atomic mass is 16.5. The number of benzene rings is 3. The minimum Gasteiger partial charge on any atom is -0.453 e. The van der Waals surface area contributed by atoms with Crippen LogP contribution < -0.4 is 10.6 Å². The fourth-order valence-corrected chi connectivity index (χ4v) is 12.1. The van der Waals surface area contributed by atoms with Crippen molar-refractivity contribution in [3.05, 3.63) is 78.1 Å². The van der Waals surface area contributed by atoms with Crippen molar-refractivity contribution in [3.8, 4) is 22.4 Å². The zero-order valence-electron chi connectivity index (χ0n) is 38.3. The molecule has 5 aliphatic heterocycles. The molecule has 352 valence electrons. The number of nitrogens with zero attached hydrogens (tertiary/aromatic N) is 5. The number of nitrogens with one attached hydrogen (secondary N) is 3. The van der Waals surface area contributed by atoms with E-state index in [0.29, 0.717) is 70.4 Å². The van der Waals surface area contributed by atoms with Crippen molar-refractivity contribution in [1.82, 2.24) is 35.4 Å². The van der Waals surface area contributed by atoms with Gasteiger partial charge >= 0.3 is 12.2 Å². The highest BCUT2D eigenvalue weighted by Crippen LogP contribution is 2.54. The van der Waals surface area contributed by atoms with E-state index in [0.717, 1.165) is 92.8 Å². The van der Waals surface area contributed by atoms with Crippen molar-refractivity contribution in [2.75, 3.05) is 40.6 Å². The Morgan fingerprint density at radius 3 is 1.91 bits per heavy atom. The second kappa shape index (κ2) is 17.3. The van der Waals surface area contributed by atoms with Crippen LogP contribution in [0.1, 0.15) is 68.8 Å². The van der Waals surface area contributed by atoms with Crippen LogP contribution in [0.5, 0.6) is 0 Å². The van der Waals surface area contributed by atoms with Crippen molar-refractivity contribution in [1.29, 1.82) is 0 Å². The summed E-state index contributed by atoms with van der Waals surface area (Å²) in [6, 6.07) is 21.8. The summed E-state index contributed by atoms with van der Waals surface area (Å²) in [6.07, 6.45) is 5.98. The molecule has 2 aromatic heterocycles. The number of amides is 4. The van der Waals surface area contributed by atoms with Crippen LogP contribution in [-0.4, -0.2) is 125 Å². The van der Waals surface area contributed by atoms with E-state index < -0.39 is 24.3 Å². The molecular weight excluding hydrogens is 865 g/mol. The number of methoxy groups -OCH3 is 2. The maximum Gasteiger partial charge on any atom is 0.407 e. The van der Waals surface area contributed by atoms with E-state index in [1.807, 2.05) is 21.9 Å². The maximum absolute atomic E-state index is 14.4. The second-order valence-electron chi connectivity index (χ2n) is 19.8. The largest absolute Gasteiger partial charge is 0.453 e. The number of alkyl carbamates (subject to hydrolysis) is 2. The molecule has 68 heavy (non-hydrogen) atoms. The van der Waals surface area contributed by atoms with Gasteiger partial charge in [0.05, 0.1) is 54.2 Å². The normalized spacial score (nSPS) is 26.1. The molecule has 0 spiro atoms. The third kappa shape index (κ3) is 7.84. The summed E-state index contributed by atoms with van der Waals surface area (Å²) in [6.45, 7) is 2.27. The molecule has 6 fully saturated rings. The van der Waals surface area contributed by atoms with Gasteiger partial charge in [-0.3, -0.25) is 14.6 Å². The molecule has 2 aliphatic carbocycles. The number of aliphatic imine (C=N–C) groups is 1. The first-order chi connectivity index (χ1) is 33.2. The van der Waals surface area contributed by atoms with Crippen LogP contribution >= 0.6 is 0 Å². The lowest BCUT2D eigenvalue weighted by Gasteiger charge is -2.36. The number of rotatable bonds is 10. The smallest absolute Gasteiger partial charge is 0.407 e. The quantitative estimate of drug-likeness (QED) is 0.131. The van der Waals surface area contributed by atoms with Crippen molar-refractivity contribution in [2.24, 2.45) is 28.7 Å². The van der Waals surface area contributed by atoms with Gasteiger partial charge in [0.2, 0.25) is 11.8 Å². The Morgan fingerprint density at radius 2 is 1.25 bits per heavy atom. The van der Waals surface area contributed by atoms with Gasteiger partial charge in [-0.2, -0.15) is 0 Å². The highest BCUT2D eigenvalue weighted by molar-refractivity contribution is 6.02. The predicted octanol–water partition coefficient (Wildman–Crippen LogP) is 7.03. The van der Waals surface area contributed by atoms with Gasteiger partial charge in [-0.05, 0) is 134 Å². The van der Waals surface area contributed by atoms with Crippen LogP contribution in [0.2, 0.25) is 0 Å². The number of H-pyrrole nitrogens is 1. The SMILES string of the molecule is COC(=O)N[C@H](C(=O)N1[C@@H]2C[C@@H]2C[C@H]1C1=Nc2ccc(-c3ccc4nc(-c5ccc6nc([C@@H]7C[C@H]8C[C@H]8N7C(=O)[C@@H](NC(=O)OC)C7CCOCC7)[nH]c6c5)ccc4c3)cc2C1)C1CCOCC1. The first kappa shape index (κ1) is 42.9. The van der Waals surface area contributed by atoms with Gasteiger partial charge in [0.15, 0.2) is 0 Å². The molecule has 3 aromatic carbocycles. The number of hydrogen-bond acceptors (Lipinski definition) is 11. The molecule has 16 nitrogen and oxygen atoms in total. The summed E-state index contributed by atoms with van der Waals surface area (Å²) in [5, 5.41) is 6.78. The number of imidazole rings is 1. The lowest BCUT2D eigenvalue weighted by atomic mass is 9.90. The molecular formula is C52H56N8O8. The lowest BCUT2D eigenvalue weighted by Crippen LogP contribution is -2.56. The van der Waals surface area contributed by atoms with Gasteiger partial charge in [0, 0.05) is 61.6 Å². The molecule has 7 heterocycles. The minimum absolute atomic E-state index is 0.00939. The van der Waals surface area contributed by atoms with Crippen LogP contribution in [0.25, 0.3) is 44.3 Å². The molecule has 0 unspecified atom stereocenters. The molecule has 4 amide bonds. The Hall–Kier alpha value is -6.39. The van der Waals surface area contributed by atoms with Crippen LogP contribution in [0.3, 0.4) is 0 Å². The number of hydrogen-bond donors (Lipinski definition) is 3. The summed E-state index contributed by atoms with van der Waals surface area (Å²) < 4.78 is 21.0. The van der Waals surface area contributed by atoms with Crippen molar-refractivity contribution in [2.45, 2.75) is 94.0 Å². The number of aromatic amines is 1. The molecule has 16 heteroatoms. The fraction of sp³-hybridized carbons (Fsp3) is 0.481. The number of carbonyl (C=O) groups excluding carboxylic acids is 4. The zero-order chi connectivity index (χ0) is 46.2. The number of fused-ring (bicyclic) bond motifs is 5. The first-order valence-corrected chi connectivity index (χ1v) is 24.3. The van der Waals surface area contributed by atoms with Gasteiger partial charge < -0.3 is 44.4 Å². The van der Waals surface area contributed by atoms with Gasteiger partial charge in [0.25, 0.3) is 0 Å². The van der Waals surface area contributed by atoms with Crippen LogP contribution in [0, 0.1) is 23.7 Å². The Labute approximate surface area is 393 Å². The van der Waals surface area contributed by atoms with Gasteiger partial charge in [-0.1, -0.05) is 24.3 Å². The van der Waals surface area contributed by atoms with E-state index in [1.165, 1.54) is 14.2 Å². The summed E-state index contributed by atoms with van der Waals surface area (Å²) in [5.74, 6) is 1.49. The maximum atomic E-state index is 14.4. The average molecular weight is 921 g/mol. The third-order valence-electron chi connectivity index (χ3n) is 15.9. The summed E-state index contributed by atoms with van der Waals surface area (Å²) >= 11 is 0. The zero-order valence-corrected chi connectivity index (χ0v) is 38.3. The van der Waals surface area contributed by atoms with Gasteiger partial charge in [-0.25, -0.2) is 19.6 Å². The van der Waals surface area contributed by atoms with E-state index >= 15 is 0 Å². The molecule has 5 aromatic rings. The molecule has 4 saturated heterocycles. The topological polar surface area (TPSA) is 190 Å². The van der Waals surface area contributed by atoms with E-state index in [4.69, 9.17) is 33.9 Å². The molecule has 7 aliphatic rings. The van der Waals surface area contributed by atoms with Gasteiger partial charge in [-0.15, -0.1) is 0 Å². The molecule has 12 rings (SSSR count). The summed E-state index contributed by atoms with van der Waals surface area (Å²) in [5.41, 5.74) is 9.64. The fourth-order valence-electron chi connectivity index (χ4n) is 12.1. The highest BCUT2D eigenvalue weighted by Gasteiger charge is 2.58. The second-order valence-corrected chi connectivity index (χ2v) is 19.8. The van der Waals surface area contributed by atoms with Crippen molar-refractivity contribution in [3.63, 3.8) is 0 Å². The Balaban J connectivity index is 0.743. The van der Waals surface area contributed by atoms with Crippen molar-refractivity contribution < 1.29 is 38.1 Å². The first-order valence-electron chi connectivity index (χ1n) is 24.3. The number of pyridine rings is 1. The van der Waals surface area contributed by atoms with Crippen LogP contribution in [0.4, 0.5) is 15.3 Å². The van der Waals surface area contributed by atoms with Crippen LogP contribution in [0.15, 0.2) is 71.7 Å². The molecule has 0 bridgehead atoms. The summed E-state index contributed by atoms with van der Waals surface area (Å²) in [4.78, 5) is 76.4. The Bertz CT molecular complexity index is 2870. The molecule has 3 N–H and O–H groups in total. The van der Waals surface area contributed by atoms with Crippen molar-refractivity contribution >= 4 is 57.3 Å². The van der Waals surface area contributed by atoms with Crippen LogP contribution in [-0.2, 0) is 35.0 Å². The standard InChI is InChI=1S/C52H56N8O8/c1-65-51(63)57-46(27-11-15-67-16-12-27)49(61)59-42-23-34(42)25-44(59)41-22-33-20-30(4-8-38(33)54-41)29-3-7-36-31(19-29)5-9-37(53-36)32-6-10-39-40(21-32)56-48(55-39)45-26-35-24-43(35)60(45)50(62)47(58-52(64)66-2)28-13-17-68-18-14-28/h3-10,19-21,27-28,34-35,42-47H,11-18,22-26H2,1-2H3,(H,55,56)(H,57,63)(H,58,64)/t34-,35-,42-,43-,44+,45+,46+,47+/m1/s1. The van der Waals surface area contributed by atoms with E-state index in [-0.39, 0.29) is 47.8 Å². The van der Waals surface area contributed by atoms with E-state index in [2.05, 4.69) is 70.2 Å². The lowest BCUT2D eigenvalue weighted by molar-refractivity contribution is -0.138. The third-order valence-corrected chi connectivity index (χ3v) is 15.9. The minimum atomic E-state index is -0.685. The molecule has 8 atom stereocenters. The number of piperidine rings is 2. The molecule has 2 saturated carbocycles. The van der Waals surface area contributed by atoms with E-state index in [1.54, 1.807) is 0 Å². The predicted molar refractivity (Wildman–Crippen MR) is 252 cm³/mol. The number of ether oxygens (including phenoxy) is 4. The monoisotopic (exact) mass is 920 g/mol. The Kier molecular flexibility index (Phi) is 10.9. The molecule has 0 radical (unpaired) electrons. The summed E-state index contributed by atoms with van der Waals surface area (Å²) in [7, 11) is 2.65. The number of aromatic nitrogens is 3. The average Bonchev–Trinajstić information content (AvgIpc) is 4.04. The Morgan fingerprint density at radius 1 is 0.662 bits per heavy atom.